The van der Waals surface area contributed by atoms with Crippen molar-refractivity contribution in [3.63, 3.8) is 0 Å². The zero-order chi connectivity index (χ0) is 14.9. The molecule has 1 amide bonds. The van der Waals surface area contributed by atoms with Gasteiger partial charge >= 0.3 is 0 Å². The fraction of sp³-hybridized carbons (Fsp3) is 0.562. The number of ether oxygens (including phenoxy) is 2. The first-order chi connectivity index (χ1) is 10.1. The molecule has 0 saturated carbocycles. The molecule has 0 bridgehead atoms. The van der Waals surface area contributed by atoms with Gasteiger partial charge in [0, 0.05) is 24.2 Å². The number of benzene rings is 1. The summed E-state index contributed by atoms with van der Waals surface area (Å²) in [7, 11) is 1.63. The Labute approximate surface area is 125 Å². The van der Waals surface area contributed by atoms with E-state index in [1.54, 1.807) is 7.11 Å². The first-order valence-electron chi connectivity index (χ1n) is 7.41. The number of hydrogen-bond acceptors (Lipinski definition) is 4. The lowest BCUT2D eigenvalue weighted by molar-refractivity contribution is -0.142. The third kappa shape index (κ3) is 2.76. The van der Waals surface area contributed by atoms with Gasteiger partial charge in [0.15, 0.2) is 0 Å². The van der Waals surface area contributed by atoms with Crippen LogP contribution in [0.5, 0.6) is 5.75 Å². The Hall–Kier alpha value is -1.59. The van der Waals surface area contributed by atoms with Gasteiger partial charge < -0.3 is 19.7 Å². The summed E-state index contributed by atoms with van der Waals surface area (Å²) < 4.78 is 11.2. The maximum Gasteiger partial charge on any atom is 0.253 e. The van der Waals surface area contributed by atoms with E-state index in [1.807, 2.05) is 29.2 Å². The van der Waals surface area contributed by atoms with E-state index in [0.717, 1.165) is 30.9 Å². The van der Waals surface area contributed by atoms with E-state index in [1.165, 1.54) is 0 Å². The molecule has 1 N–H and O–H groups in total. The quantitative estimate of drug-likeness (QED) is 0.915. The molecule has 0 aromatic heterocycles. The third-order valence-corrected chi connectivity index (χ3v) is 4.59. The van der Waals surface area contributed by atoms with Crippen LogP contribution in [0.2, 0.25) is 0 Å². The lowest BCUT2D eigenvalue weighted by atomic mass is 9.86. The molecular formula is C16H22N2O3. The smallest absolute Gasteiger partial charge is 0.253 e. The number of nitrogens with one attached hydrogen (secondary N) is 1. The largest absolute Gasteiger partial charge is 0.497 e. The van der Waals surface area contributed by atoms with Crippen molar-refractivity contribution in [2.45, 2.75) is 18.9 Å². The Bertz CT molecular complexity index is 528. The molecule has 21 heavy (non-hydrogen) atoms. The van der Waals surface area contributed by atoms with Gasteiger partial charge in [-0.1, -0.05) is 6.07 Å². The highest BCUT2D eigenvalue weighted by Crippen LogP contribution is 2.33. The maximum absolute atomic E-state index is 12.2. The molecule has 0 spiro atoms. The Kier molecular flexibility index (Phi) is 3.87. The van der Waals surface area contributed by atoms with Gasteiger partial charge in [0.25, 0.3) is 5.91 Å². The molecule has 2 unspecified atom stereocenters. The van der Waals surface area contributed by atoms with Gasteiger partial charge in [0.05, 0.1) is 19.3 Å². The maximum atomic E-state index is 12.2. The monoisotopic (exact) mass is 290 g/mol. The van der Waals surface area contributed by atoms with Crippen molar-refractivity contribution in [1.29, 1.82) is 0 Å². The Balaban J connectivity index is 1.84. The Morgan fingerprint density at radius 3 is 3.05 bits per heavy atom. The van der Waals surface area contributed by atoms with Crippen molar-refractivity contribution in [1.82, 2.24) is 5.32 Å². The summed E-state index contributed by atoms with van der Waals surface area (Å²) in [5.74, 6) is 1.21. The lowest BCUT2D eigenvalue weighted by Crippen LogP contribution is -2.57. The number of methoxy groups -OCH3 is 1. The highest BCUT2D eigenvalue weighted by molar-refractivity contribution is 5.95. The fourth-order valence-corrected chi connectivity index (χ4v) is 3.19. The van der Waals surface area contributed by atoms with Crippen molar-refractivity contribution in [2.24, 2.45) is 5.92 Å². The summed E-state index contributed by atoms with van der Waals surface area (Å²) >= 11 is 0. The summed E-state index contributed by atoms with van der Waals surface area (Å²) in [5.41, 5.74) is 0.584. The molecule has 2 fully saturated rings. The normalized spacial score (nSPS) is 29.7. The number of amides is 1. The zero-order valence-electron chi connectivity index (χ0n) is 12.6. The average Bonchev–Trinajstić information content (AvgIpc) is 3.05. The molecule has 2 atom stereocenters. The second-order valence-electron chi connectivity index (χ2n) is 5.97. The molecule has 1 aromatic carbocycles. The minimum Gasteiger partial charge on any atom is -0.497 e. The molecule has 114 valence electrons. The molecule has 2 aliphatic rings. The molecule has 1 aromatic rings. The summed E-state index contributed by atoms with van der Waals surface area (Å²) in [6.07, 6.45) is 1.09. The Morgan fingerprint density at radius 2 is 2.33 bits per heavy atom. The number of anilines is 1. The van der Waals surface area contributed by atoms with Crippen molar-refractivity contribution in [3.05, 3.63) is 24.3 Å². The topological polar surface area (TPSA) is 50.8 Å². The first kappa shape index (κ1) is 14.4. The van der Waals surface area contributed by atoms with Crippen LogP contribution in [0.25, 0.3) is 0 Å². The minimum absolute atomic E-state index is 0.00619. The SMILES string of the molecule is COc1cccc(N2CC(C)(C3CCNC3)OCC2=O)c1. The number of carbonyl (C=O) groups excluding carboxylic acids is 1. The van der Waals surface area contributed by atoms with Crippen LogP contribution in [-0.2, 0) is 9.53 Å². The first-order valence-corrected chi connectivity index (χ1v) is 7.41. The van der Waals surface area contributed by atoms with Crippen LogP contribution in [0, 0.1) is 5.92 Å². The molecular weight excluding hydrogens is 268 g/mol. The molecule has 2 heterocycles. The van der Waals surface area contributed by atoms with E-state index in [-0.39, 0.29) is 18.1 Å². The number of hydrogen-bond donors (Lipinski definition) is 1. The van der Waals surface area contributed by atoms with Gasteiger partial charge in [0.1, 0.15) is 12.4 Å². The average molecular weight is 290 g/mol. The molecule has 2 saturated heterocycles. The predicted molar refractivity (Wildman–Crippen MR) is 80.7 cm³/mol. The molecule has 0 radical (unpaired) electrons. The minimum atomic E-state index is -0.291. The van der Waals surface area contributed by atoms with E-state index >= 15 is 0 Å². The van der Waals surface area contributed by atoms with E-state index in [0.29, 0.717) is 12.5 Å². The fourth-order valence-electron chi connectivity index (χ4n) is 3.19. The van der Waals surface area contributed by atoms with Crippen molar-refractivity contribution in [2.75, 3.05) is 38.3 Å². The van der Waals surface area contributed by atoms with Crippen LogP contribution >= 0.6 is 0 Å². The molecule has 2 aliphatic heterocycles. The lowest BCUT2D eigenvalue weighted by Gasteiger charge is -2.43. The van der Waals surface area contributed by atoms with E-state index in [2.05, 4.69) is 12.2 Å². The standard InChI is InChI=1S/C16H22N2O3/c1-16(12-6-7-17-9-12)11-18(15(19)10-21-16)13-4-3-5-14(8-13)20-2/h3-5,8,12,17H,6-7,9-11H2,1-2H3. The van der Waals surface area contributed by atoms with Gasteiger partial charge in [-0.05, 0) is 32.0 Å². The van der Waals surface area contributed by atoms with Crippen LogP contribution in [-0.4, -0.2) is 44.9 Å². The van der Waals surface area contributed by atoms with Crippen LogP contribution in [0.4, 0.5) is 5.69 Å². The predicted octanol–water partition coefficient (Wildman–Crippen LogP) is 1.43. The van der Waals surface area contributed by atoms with E-state index < -0.39 is 0 Å². The van der Waals surface area contributed by atoms with Gasteiger partial charge in [-0.3, -0.25) is 4.79 Å². The van der Waals surface area contributed by atoms with Gasteiger partial charge in [-0.25, -0.2) is 0 Å². The molecule has 5 heteroatoms. The number of morpholine rings is 1. The second kappa shape index (κ2) is 5.66. The second-order valence-corrected chi connectivity index (χ2v) is 5.97. The summed E-state index contributed by atoms with van der Waals surface area (Å²) in [5, 5.41) is 3.38. The van der Waals surface area contributed by atoms with Crippen LogP contribution < -0.4 is 15.0 Å². The van der Waals surface area contributed by atoms with Gasteiger partial charge in [-0.15, -0.1) is 0 Å². The van der Waals surface area contributed by atoms with Gasteiger partial charge in [-0.2, -0.15) is 0 Å². The number of rotatable bonds is 3. The number of carbonyl (C=O) groups is 1. The summed E-state index contributed by atoms with van der Waals surface area (Å²) in [6, 6.07) is 7.63. The van der Waals surface area contributed by atoms with Crippen molar-refractivity contribution < 1.29 is 14.3 Å². The van der Waals surface area contributed by atoms with Crippen molar-refractivity contribution >= 4 is 11.6 Å². The highest BCUT2D eigenvalue weighted by Gasteiger charge is 2.43. The molecule has 0 aliphatic carbocycles. The highest BCUT2D eigenvalue weighted by atomic mass is 16.5. The molecule has 3 rings (SSSR count). The number of nitrogens with zero attached hydrogens (tertiary/aromatic N) is 1. The van der Waals surface area contributed by atoms with Crippen LogP contribution in [0.3, 0.4) is 0 Å². The summed E-state index contributed by atoms with van der Waals surface area (Å²) in [4.78, 5) is 14.1. The third-order valence-electron chi connectivity index (χ3n) is 4.59. The Morgan fingerprint density at radius 1 is 1.48 bits per heavy atom. The van der Waals surface area contributed by atoms with Crippen molar-refractivity contribution in [3.8, 4) is 5.75 Å². The molecule has 5 nitrogen and oxygen atoms in total. The van der Waals surface area contributed by atoms with Crippen LogP contribution in [0.1, 0.15) is 13.3 Å². The summed E-state index contributed by atoms with van der Waals surface area (Å²) in [6.45, 7) is 4.83. The van der Waals surface area contributed by atoms with Crippen LogP contribution in [0.15, 0.2) is 24.3 Å². The van der Waals surface area contributed by atoms with E-state index in [4.69, 9.17) is 9.47 Å². The van der Waals surface area contributed by atoms with Gasteiger partial charge in [0.2, 0.25) is 0 Å². The zero-order valence-corrected chi connectivity index (χ0v) is 12.6. The van der Waals surface area contributed by atoms with E-state index in [9.17, 15) is 4.79 Å².